The maximum absolute atomic E-state index is 12.8. The number of nitrogens with zero attached hydrogens (tertiary/aromatic N) is 3. The first kappa shape index (κ1) is 20.6. The zero-order chi connectivity index (χ0) is 19.9. The lowest BCUT2D eigenvalue weighted by Crippen LogP contribution is -2.31. The zero-order valence-electron chi connectivity index (χ0n) is 15.8. The van der Waals surface area contributed by atoms with Crippen LogP contribution in [0.4, 0.5) is 0 Å². The van der Waals surface area contributed by atoms with Gasteiger partial charge in [0.1, 0.15) is 5.75 Å². The van der Waals surface area contributed by atoms with Crippen molar-refractivity contribution in [2.45, 2.75) is 31.6 Å². The van der Waals surface area contributed by atoms with Crippen molar-refractivity contribution in [1.82, 2.24) is 4.90 Å². The number of methoxy groups -OCH3 is 1. The molecule has 1 aliphatic heterocycles. The molecule has 0 spiro atoms. The topological polar surface area (TPSA) is 54.3 Å². The number of hydrogen-bond donors (Lipinski definition) is 0. The number of halogens is 1. The average Bonchev–Trinajstić information content (AvgIpc) is 2.98. The number of carbonyl (C=O) groups is 1. The highest BCUT2D eigenvalue weighted by Crippen LogP contribution is 2.31. The van der Waals surface area contributed by atoms with Crippen LogP contribution in [0, 0.1) is 0 Å². The van der Waals surface area contributed by atoms with Gasteiger partial charge in [0.25, 0.3) is 0 Å². The van der Waals surface area contributed by atoms with Gasteiger partial charge >= 0.3 is 0 Å². The molecule has 1 saturated heterocycles. The molecule has 0 aromatic heterocycles. The second kappa shape index (κ2) is 9.89. The Balaban J connectivity index is 1.84. The maximum Gasteiger partial charge on any atom is 0.242 e. The Morgan fingerprint density at radius 1 is 1.25 bits per heavy atom. The number of ether oxygens (including phenoxy) is 1. The molecule has 1 heterocycles. The molecule has 2 aromatic rings. The number of carbonyl (C=O) groups excluding carboxylic acids is 1. The van der Waals surface area contributed by atoms with E-state index in [0.717, 1.165) is 28.4 Å². The van der Waals surface area contributed by atoms with E-state index in [1.54, 1.807) is 18.2 Å². The van der Waals surface area contributed by atoms with Crippen LogP contribution in [-0.2, 0) is 11.3 Å². The van der Waals surface area contributed by atoms with Gasteiger partial charge in [-0.1, -0.05) is 71.4 Å². The lowest BCUT2D eigenvalue weighted by atomic mass is 10.2. The van der Waals surface area contributed by atoms with E-state index in [1.807, 2.05) is 48.5 Å². The van der Waals surface area contributed by atoms with Crippen molar-refractivity contribution in [3.8, 4) is 5.75 Å². The second-order valence-corrected chi connectivity index (χ2v) is 8.40. The summed E-state index contributed by atoms with van der Waals surface area (Å²) in [6, 6.07) is 15.6. The number of hydrogen-bond acceptors (Lipinski definition) is 5. The minimum Gasteiger partial charge on any atom is -0.496 e. The molecule has 1 amide bonds. The van der Waals surface area contributed by atoms with E-state index < -0.39 is 0 Å². The van der Waals surface area contributed by atoms with Gasteiger partial charge in [0.15, 0.2) is 5.17 Å². The summed E-state index contributed by atoms with van der Waals surface area (Å²) in [5, 5.41) is 9.15. The lowest BCUT2D eigenvalue weighted by Gasteiger charge is -2.15. The smallest absolute Gasteiger partial charge is 0.242 e. The van der Waals surface area contributed by atoms with Crippen molar-refractivity contribution in [3.05, 3.63) is 64.1 Å². The highest BCUT2D eigenvalue weighted by Gasteiger charge is 2.37. The fourth-order valence-electron chi connectivity index (χ4n) is 2.89. The Labute approximate surface area is 178 Å². The molecule has 5 nitrogen and oxygen atoms in total. The molecule has 1 atom stereocenters. The average molecular weight is 460 g/mol. The summed E-state index contributed by atoms with van der Waals surface area (Å²) in [7, 11) is 1.62. The van der Waals surface area contributed by atoms with Crippen LogP contribution in [0.25, 0.3) is 0 Å². The predicted octanol–water partition coefficient (Wildman–Crippen LogP) is 5.09. The SMILES string of the molecule is CCC[C@H]1S/C(=N/N=C\c2cc(Br)ccc2OC)N(Cc2ccccc2)C1=O. The summed E-state index contributed by atoms with van der Waals surface area (Å²) >= 11 is 4.94. The largest absolute Gasteiger partial charge is 0.496 e. The summed E-state index contributed by atoms with van der Waals surface area (Å²) in [5.74, 6) is 0.817. The van der Waals surface area contributed by atoms with Gasteiger partial charge in [-0.2, -0.15) is 5.10 Å². The second-order valence-electron chi connectivity index (χ2n) is 6.32. The quantitative estimate of drug-likeness (QED) is 0.427. The molecule has 0 unspecified atom stereocenters. The van der Waals surface area contributed by atoms with Gasteiger partial charge in [-0.25, -0.2) is 0 Å². The summed E-state index contributed by atoms with van der Waals surface area (Å²) in [6.07, 6.45) is 3.43. The van der Waals surface area contributed by atoms with Gasteiger partial charge in [0.05, 0.1) is 25.1 Å². The van der Waals surface area contributed by atoms with E-state index in [4.69, 9.17) is 4.74 Å². The van der Waals surface area contributed by atoms with E-state index in [0.29, 0.717) is 17.5 Å². The van der Waals surface area contributed by atoms with Gasteiger partial charge in [-0.3, -0.25) is 9.69 Å². The zero-order valence-corrected chi connectivity index (χ0v) is 18.2. The van der Waals surface area contributed by atoms with Crippen molar-refractivity contribution in [2.24, 2.45) is 10.2 Å². The minimum absolute atomic E-state index is 0.0944. The number of rotatable bonds is 7. The van der Waals surface area contributed by atoms with Crippen molar-refractivity contribution in [2.75, 3.05) is 7.11 Å². The Morgan fingerprint density at radius 2 is 2.04 bits per heavy atom. The Kier molecular flexibility index (Phi) is 7.28. The van der Waals surface area contributed by atoms with Gasteiger partial charge < -0.3 is 4.74 Å². The molecule has 146 valence electrons. The molecule has 1 aliphatic rings. The van der Waals surface area contributed by atoms with Crippen LogP contribution < -0.4 is 4.74 Å². The molecule has 28 heavy (non-hydrogen) atoms. The van der Waals surface area contributed by atoms with Crippen LogP contribution in [0.15, 0.2) is 63.2 Å². The Bertz CT molecular complexity index is 886. The molecular formula is C21H22BrN3O2S. The monoisotopic (exact) mass is 459 g/mol. The van der Waals surface area contributed by atoms with Crippen LogP contribution in [0.1, 0.15) is 30.9 Å². The first-order chi connectivity index (χ1) is 13.6. The van der Waals surface area contributed by atoms with Crippen molar-refractivity contribution in [1.29, 1.82) is 0 Å². The van der Waals surface area contributed by atoms with Gasteiger partial charge in [-0.05, 0) is 30.2 Å². The van der Waals surface area contributed by atoms with Gasteiger partial charge in [0, 0.05) is 10.0 Å². The first-order valence-corrected chi connectivity index (χ1v) is 10.8. The third-order valence-corrected chi connectivity index (χ3v) is 6.01. The standard InChI is InChI=1S/C21H22BrN3O2S/c1-3-7-19-20(26)25(14-15-8-5-4-6-9-15)21(28-19)24-23-13-16-12-17(22)10-11-18(16)27-2/h4-6,8-13,19H,3,7,14H2,1-2H3/b23-13-,24-21+/t19-/m1/s1. The summed E-state index contributed by atoms with van der Waals surface area (Å²) in [6.45, 7) is 2.59. The summed E-state index contributed by atoms with van der Waals surface area (Å²) in [4.78, 5) is 14.6. The molecule has 1 fully saturated rings. The van der Waals surface area contributed by atoms with Crippen molar-refractivity contribution >= 4 is 45.0 Å². The minimum atomic E-state index is -0.0944. The van der Waals surface area contributed by atoms with Crippen LogP contribution >= 0.6 is 27.7 Å². The van der Waals surface area contributed by atoms with Crippen LogP contribution in [0.3, 0.4) is 0 Å². The number of thioether (sulfide) groups is 1. The lowest BCUT2D eigenvalue weighted by molar-refractivity contribution is -0.126. The predicted molar refractivity (Wildman–Crippen MR) is 119 cm³/mol. The fraction of sp³-hybridized carbons (Fsp3) is 0.286. The third kappa shape index (κ3) is 5.02. The summed E-state index contributed by atoms with van der Waals surface area (Å²) < 4.78 is 6.29. The highest BCUT2D eigenvalue weighted by atomic mass is 79.9. The molecule has 0 N–H and O–H groups in total. The van der Waals surface area contributed by atoms with Crippen LogP contribution in [-0.4, -0.2) is 34.5 Å². The highest BCUT2D eigenvalue weighted by molar-refractivity contribution is 9.10. The summed E-state index contributed by atoms with van der Waals surface area (Å²) in [5.41, 5.74) is 1.88. The van der Waals surface area contributed by atoms with E-state index in [1.165, 1.54) is 11.8 Å². The first-order valence-electron chi connectivity index (χ1n) is 9.09. The molecule has 3 rings (SSSR count). The molecule has 0 saturated carbocycles. The molecular weight excluding hydrogens is 438 g/mol. The molecule has 7 heteroatoms. The molecule has 0 bridgehead atoms. The normalized spacial score (nSPS) is 18.4. The van der Waals surface area contributed by atoms with E-state index >= 15 is 0 Å². The third-order valence-electron chi connectivity index (χ3n) is 4.29. The Morgan fingerprint density at radius 3 is 2.75 bits per heavy atom. The number of amidine groups is 1. The van der Waals surface area contributed by atoms with Crippen LogP contribution in [0.2, 0.25) is 0 Å². The van der Waals surface area contributed by atoms with E-state index in [-0.39, 0.29) is 11.2 Å². The Hall–Kier alpha value is -2.12. The molecule has 0 radical (unpaired) electrons. The van der Waals surface area contributed by atoms with Crippen molar-refractivity contribution < 1.29 is 9.53 Å². The van der Waals surface area contributed by atoms with Gasteiger partial charge in [-0.15, -0.1) is 5.10 Å². The van der Waals surface area contributed by atoms with E-state index in [9.17, 15) is 4.79 Å². The van der Waals surface area contributed by atoms with Crippen LogP contribution in [0.5, 0.6) is 5.75 Å². The fourth-order valence-corrected chi connectivity index (χ4v) is 4.48. The van der Waals surface area contributed by atoms with E-state index in [2.05, 4.69) is 33.1 Å². The van der Waals surface area contributed by atoms with Crippen molar-refractivity contribution in [3.63, 3.8) is 0 Å². The number of amides is 1. The number of benzene rings is 2. The molecule has 2 aromatic carbocycles. The van der Waals surface area contributed by atoms with Gasteiger partial charge in [0.2, 0.25) is 5.91 Å². The molecule has 0 aliphatic carbocycles. The maximum atomic E-state index is 12.8.